The SMILES string of the molecule is CCc1nc(C)c(-c2csc(Nc3ccc(CN(C)c4ccc(C)cc4)cn3)n2)s1. The standard InChI is InChI=1S/C23H25N5S2/c1-5-21-25-16(3)22(30-21)19-14-29-23(26-19)27-20-11-8-17(12-24-20)13-28(4)18-9-6-15(2)7-10-18/h6-12,14H,5,13H2,1-4H3,(H,24,26,27). The normalized spacial score (nSPS) is 10.9. The van der Waals surface area contributed by atoms with Crippen molar-refractivity contribution in [2.75, 3.05) is 17.3 Å². The van der Waals surface area contributed by atoms with Gasteiger partial charge in [-0.3, -0.25) is 0 Å². The minimum absolute atomic E-state index is 0.799. The monoisotopic (exact) mass is 435 g/mol. The third-order valence-corrected chi connectivity index (χ3v) is 6.92. The highest BCUT2D eigenvalue weighted by Gasteiger charge is 2.13. The summed E-state index contributed by atoms with van der Waals surface area (Å²) in [6, 6.07) is 12.7. The smallest absolute Gasteiger partial charge is 0.188 e. The van der Waals surface area contributed by atoms with Gasteiger partial charge in [0.2, 0.25) is 0 Å². The van der Waals surface area contributed by atoms with E-state index in [1.807, 2.05) is 19.2 Å². The molecule has 154 valence electrons. The molecule has 5 nitrogen and oxygen atoms in total. The quantitative estimate of drug-likeness (QED) is 0.373. The molecule has 0 fully saturated rings. The topological polar surface area (TPSA) is 53.9 Å². The number of hydrogen-bond acceptors (Lipinski definition) is 7. The summed E-state index contributed by atoms with van der Waals surface area (Å²) < 4.78 is 0. The molecule has 0 atom stereocenters. The first-order valence-electron chi connectivity index (χ1n) is 9.93. The molecule has 0 unspecified atom stereocenters. The fraction of sp³-hybridized carbons (Fsp3) is 0.261. The van der Waals surface area contributed by atoms with Crippen LogP contribution in [0.4, 0.5) is 16.6 Å². The zero-order valence-electron chi connectivity index (χ0n) is 17.6. The molecule has 0 aliphatic heterocycles. The van der Waals surface area contributed by atoms with Crippen molar-refractivity contribution in [2.24, 2.45) is 0 Å². The maximum absolute atomic E-state index is 4.73. The van der Waals surface area contributed by atoms with Crippen LogP contribution in [0.15, 0.2) is 48.0 Å². The van der Waals surface area contributed by atoms with Crippen LogP contribution in [0.5, 0.6) is 0 Å². The largest absolute Gasteiger partial charge is 0.370 e. The van der Waals surface area contributed by atoms with Gasteiger partial charge < -0.3 is 10.2 Å². The van der Waals surface area contributed by atoms with Crippen LogP contribution in [-0.4, -0.2) is 22.0 Å². The van der Waals surface area contributed by atoms with Gasteiger partial charge in [-0.25, -0.2) is 15.0 Å². The molecule has 4 aromatic rings. The number of benzene rings is 1. The lowest BCUT2D eigenvalue weighted by Gasteiger charge is -2.19. The second-order valence-electron chi connectivity index (χ2n) is 7.28. The van der Waals surface area contributed by atoms with Crippen molar-refractivity contribution >= 4 is 39.3 Å². The second-order valence-corrected chi connectivity index (χ2v) is 9.22. The van der Waals surface area contributed by atoms with Crippen LogP contribution in [-0.2, 0) is 13.0 Å². The second kappa shape index (κ2) is 8.93. The molecule has 0 saturated carbocycles. The van der Waals surface area contributed by atoms with Crippen LogP contribution in [0.1, 0.15) is 28.8 Å². The molecule has 0 saturated heterocycles. The average molecular weight is 436 g/mol. The number of nitrogens with one attached hydrogen (secondary N) is 1. The third kappa shape index (κ3) is 4.68. The van der Waals surface area contributed by atoms with Gasteiger partial charge >= 0.3 is 0 Å². The molecule has 0 radical (unpaired) electrons. The van der Waals surface area contributed by atoms with Crippen molar-refractivity contribution in [3.8, 4) is 10.6 Å². The number of aryl methyl sites for hydroxylation is 3. The van der Waals surface area contributed by atoms with Crippen molar-refractivity contribution in [3.05, 3.63) is 69.8 Å². The highest BCUT2D eigenvalue weighted by Crippen LogP contribution is 2.33. The first kappa shape index (κ1) is 20.5. The van der Waals surface area contributed by atoms with Crippen molar-refractivity contribution in [3.63, 3.8) is 0 Å². The number of hydrogen-bond donors (Lipinski definition) is 1. The maximum atomic E-state index is 4.73. The van der Waals surface area contributed by atoms with E-state index in [-0.39, 0.29) is 0 Å². The van der Waals surface area contributed by atoms with Crippen LogP contribution in [0.25, 0.3) is 10.6 Å². The van der Waals surface area contributed by atoms with Gasteiger partial charge in [-0.05, 0) is 44.0 Å². The van der Waals surface area contributed by atoms with Crippen LogP contribution < -0.4 is 10.2 Å². The molecular formula is C23H25N5S2. The van der Waals surface area contributed by atoms with Crippen molar-refractivity contribution in [1.82, 2.24) is 15.0 Å². The van der Waals surface area contributed by atoms with Crippen LogP contribution >= 0.6 is 22.7 Å². The highest BCUT2D eigenvalue weighted by molar-refractivity contribution is 7.16. The zero-order chi connectivity index (χ0) is 21.1. The number of rotatable bonds is 7. The fourth-order valence-electron chi connectivity index (χ4n) is 3.14. The first-order chi connectivity index (χ1) is 14.5. The van der Waals surface area contributed by atoms with Gasteiger partial charge in [0.25, 0.3) is 0 Å². The molecule has 0 bridgehead atoms. The minimum Gasteiger partial charge on any atom is -0.370 e. The number of thiazole rings is 2. The van der Waals surface area contributed by atoms with E-state index < -0.39 is 0 Å². The summed E-state index contributed by atoms with van der Waals surface area (Å²) in [4.78, 5) is 17.3. The van der Waals surface area contributed by atoms with Crippen molar-refractivity contribution in [1.29, 1.82) is 0 Å². The van der Waals surface area contributed by atoms with Gasteiger partial charge in [0.1, 0.15) is 5.82 Å². The number of anilines is 3. The molecule has 3 aromatic heterocycles. The molecule has 3 heterocycles. The summed E-state index contributed by atoms with van der Waals surface area (Å²) in [6.45, 7) is 7.09. The van der Waals surface area contributed by atoms with Crippen LogP contribution in [0, 0.1) is 13.8 Å². The lowest BCUT2D eigenvalue weighted by atomic mass is 10.2. The molecule has 7 heteroatoms. The molecular weight excluding hydrogens is 410 g/mol. The predicted molar refractivity (Wildman–Crippen MR) is 128 cm³/mol. The van der Waals surface area contributed by atoms with Gasteiger partial charge in [-0.15, -0.1) is 22.7 Å². The average Bonchev–Trinajstić information content (AvgIpc) is 3.36. The minimum atomic E-state index is 0.799. The van der Waals surface area contributed by atoms with Crippen molar-refractivity contribution < 1.29 is 0 Å². The van der Waals surface area contributed by atoms with Crippen LogP contribution in [0.2, 0.25) is 0 Å². The lowest BCUT2D eigenvalue weighted by molar-refractivity contribution is 0.915. The third-order valence-electron chi connectivity index (χ3n) is 4.83. The molecule has 0 aliphatic carbocycles. The Balaban J connectivity index is 1.40. The van der Waals surface area contributed by atoms with Gasteiger partial charge in [0.15, 0.2) is 5.13 Å². The predicted octanol–water partition coefficient (Wildman–Crippen LogP) is 6.22. The Bertz CT molecular complexity index is 1110. The molecule has 0 spiro atoms. The van der Waals surface area contributed by atoms with Gasteiger partial charge in [-0.2, -0.15) is 0 Å². The Labute approximate surface area is 185 Å². The molecule has 4 rings (SSSR count). The molecule has 0 aliphatic rings. The molecule has 30 heavy (non-hydrogen) atoms. The number of nitrogens with zero attached hydrogens (tertiary/aromatic N) is 4. The van der Waals surface area contributed by atoms with E-state index in [4.69, 9.17) is 4.98 Å². The van der Waals surface area contributed by atoms with E-state index in [0.29, 0.717) is 0 Å². The maximum Gasteiger partial charge on any atom is 0.188 e. The molecule has 0 amide bonds. The summed E-state index contributed by atoms with van der Waals surface area (Å²) in [7, 11) is 2.10. The summed E-state index contributed by atoms with van der Waals surface area (Å²) in [5.74, 6) is 0.799. The summed E-state index contributed by atoms with van der Waals surface area (Å²) in [6.07, 6.45) is 2.87. The number of pyridine rings is 1. The molecule has 1 aromatic carbocycles. The zero-order valence-corrected chi connectivity index (χ0v) is 19.3. The van der Waals surface area contributed by atoms with E-state index in [0.717, 1.165) is 50.8 Å². The highest BCUT2D eigenvalue weighted by atomic mass is 32.1. The van der Waals surface area contributed by atoms with Gasteiger partial charge in [0.05, 0.1) is 21.3 Å². The number of aromatic nitrogens is 3. The van der Waals surface area contributed by atoms with E-state index in [1.165, 1.54) is 11.3 Å². The van der Waals surface area contributed by atoms with Crippen molar-refractivity contribution in [2.45, 2.75) is 33.7 Å². The Morgan fingerprint density at radius 2 is 1.83 bits per heavy atom. The lowest BCUT2D eigenvalue weighted by Crippen LogP contribution is -2.16. The first-order valence-corrected chi connectivity index (χ1v) is 11.6. The summed E-state index contributed by atoms with van der Waals surface area (Å²) in [5, 5.41) is 7.39. The summed E-state index contributed by atoms with van der Waals surface area (Å²) in [5.41, 5.74) is 5.66. The van der Waals surface area contributed by atoms with E-state index in [2.05, 4.69) is 76.8 Å². The molecule has 1 N–H and O–H groups in total. The van der Waals surface area contributed by atoms with E-state index in [1.54, 1.807) is 22.7 Å². The van der Waals surface area contributed by atoms with E-state index >= 15 is 0 Å². The van der Waals surface area contributed by atoms with Gasteiger partial charge in [-0.1, -0.05) is 30.7 Å². The summed E-state index contributed by atoms with van der Waals surface area (Å²) >= 11 is 3.31. The van der Waals surface area contributed by atoms with Gasteiger partial charge in [0, 0.05) is 30.9 Å². The Morgan fingerprint density at radius 3 is 2.50 bits per heavy atom. The van der Waals surface area contributed by atoms with Crippen LogP contribution in [0.3, 0.4) is 0 Å². The van der Waals surface area contributed by atoms with E-state index in [9.17, 15) is 0 Å². The Hall–Kier alpha value is -2.77. The Kier molecular flexibility index (Phi) is 6.11. The fourth-order valence-corrected chi connectivity index (χ4v) is 4.89. The Morgan fingerprint density at radius 1 is 1.03 bits per heavy atom.